The van der Waals surface area contributed by atoms with Crippen molar-refractivity contribution in [3.8, 4) is 16.9 Å². The lowest BCUT2D eigenvalue weighted by Crippen LogP contribution is -2.41. The molecule has 7 heteroatoms. The number of fused-ring (bicyclic) bond motifs is 2. The molecule has 3 aromatic rings. The molecule has 3 aliphatic rings. The first-order chi connectivity index (χ1) is 17.6. The van der Waals surface area contributed by atoms with Crippen molar-refractivity contribution in [1.29, 1.82) is 0 Å². The second-order valence-electron chi connectivity index (χ2n) is 9.75. The minimum absolute atomic E-state index is 0.114. The topological polar surface area (TPSA) is 79.9 Å². The van der Waals surface area contributed by atoms with Crippen LogP contribution in [0.1, 0.15) is 29.6 Å². The molecular formula is C29H29N3O4. The number of hydrogen-bond donors (Lipinski definition) is 2. The van der Waals surface area contributed by atoms with Crippen LogP contribution in [0.3, 0.4) is 0 Å². The van der Waals surface area contributed by atoms with Crippen molar-refractivity contribution in [2.45, 2.75) is 37.5 Å². The van der Waals surface area contributed by atoms with Gasteiger partial charge >= 0.3 is 0 Å². The highest BCUT2D eigenvalue weighted by molar-refractivity contribution is 6.06. The molecule has 184 valence electrons. The first-order valence-corrected chi connectivity index (χ1v) is 12.5. The first-order valence-electron chi connectivity index (χ1n) is 12.5. The average molecular weight is 484 g/mol. The molecule has 3 aromatic carbocycles. The number of morpholine rings is 1. The molecule has 36 heavy (non-hydrogen) atoms. The van der Waals surface area contributed by atoms with Gasteiger partial charge in [-0.1, -0.05) is 42.5 Å². The van der Waals surface area contributed by atoms with Crippen molar-refractivity contribution in [1.82, 2.24) is 4.90 Å². The lowest BCUT2D eigenvalue weighted by Gasteiger charge is -2.26. The van der Waals surface area contributed by atoms with Gasteiger partial charge in [-0.3, -0.25) is 14.5 Å². The van der Waals surface area contributed by atoms with E-state index in [0.29, 0.717) is 41.9 Å². The highest BCUT2D eigenvalue weighted by Crippen LogP contribution is 2.34. The van der Waals surface area contributed by atoms with E-state index in [4.69, 9.17) is 9.47 Å². The highest BCUT2D eigenvalue weighted by Gasteiger charge is 2.39. The Kier molecular flexibility index (Phi) is 6.17. The molecule has 2 atom stereocenters. The summed E-state index contributed by atoms with van der Waals surface area (Å²) < 4.78 is 11.6. The van der Waals surface area contributed by atoms with Crippen molar-refractivity contribution in [3.05, 3.63) is 78.4 Å². The quantitative estimate of drug-likeness (QED) is 0.491. The van der Waals surface area contributed by atoms with Gasteiger partial charge in [0.15, 0.2) is 0 Å². The van der Waals surface area contributed by atoms with Crippen LogP contribution in [0.15, 0.2) is 72.8 Å². The van der Waals surface area contributed by atoms with Crippen molar-refractivity contribution in [2.24, 2.45) is 0 Å². The SMILES string of the molecule is O=C(CN1C[C@H]2C[C@@H]1CO2)Nc1cc(C(=O)Nc2ccc(-c3ccccc3)cc2)ccc1OC1CC1. The molecule has 2 N–H and O–H groups in total. The Morgan fingerprint density at radius 1 is 0.944 bits per heavy atom. The van der Waals surface area contributed by atoms with Gasteiger partial charge in [-0.05, 0) is 60.7 Å². The number of anilines is 2. The fraction of sp³-hybridized carbons (Fsp3) is 0.310. The van der Waals surface area contributed by atoms with Crippen LogP contribution in [0, 0.1) is 0 Å². The van der Waals surface area contributed by atoms with Gasteiger partial charge in [-0.15, -0.1) is 0 Å². The van der Waals surface area contributed by atoms with Gasteiger partial charge in [0.2, 0.25) is 5.91 Å². The Bertz CT molecular complexity index is 1260. The summed E-state index contributed by atoms with van der Waals surface area (Å²) >= 11 is 0. The van der Waals surface area contributed by atoms with Crippen LogP contribution in [0.25, 0.3) is 11.1 Å². The van der Waals surface area contributed by atoms with Crippen LogP contribution in [0.4, 0.5) is 11.4 Å². The third-order valence-corrected chi connectivity index (χ3v) is 6.94. The summed E-state index contributed by atoms with van der Waals surface area (Å²) in [4.78, 5) is 28.1. The Morgan fingerprint density at radius 2 is 1.72 bits per heavy atom. The Hall–Kier alpha value is -3.68. The van der Waals surface area contributed by atoms with E-state index in [1.165, 1.54) is 0 Å². The van der Waals surface area contributed by atoms with E-state index < -0.39 is 0 Å². The molecule has 3 fully saturated rings. The lowest BCUT2D eigenvalue weighted by molar-refractivity contribution is -0.118. The molecule has 7 nitrogen and oxygen atoms in total. The van der Waals surface area contributed by atoms with Gasteiger partial charge in [-0.25, -0.2) is 0 Å². The van der Waals surface area contributed by atoms with Crippen LogP contribution >= 0.6 is 0 Å². The smallest absolute Gasteiger partial charge is 0.255 e. The second kappa shape index (κ2) is 9.76. The first kappa shape index (κ1) is 22.8. The van der Waals surface area contributed by atoms with Gasteiger partial charge in [0, 0.05) is 23.8 Å². The molecule has 0 spiro atoms. The molecule has 1 saturated carbocycles. The predicted octanol–water partition coefficient (Wildman–Crippen LogP) is 4.56. The molecule has 0 radical (unpaired) electrons. The van der Waals surface area contributed by atoms with Crippen molar-refractivity contribution < 1.29 is 19.1 Å². The Morgan fingerprint density at radius 3 is 2.42 bits per heavy atom. The predicted molar refractivity (Wildman–Crippen MR) is 138 cm³/mol. The van der Waals surface area contributed by atoms with Crippen LogP contribution in [-0.2, 0) is 9.53 Å². The fourth-order valence-electron chi connectivity index (χ4n) is 4.86. The summed E-state index contributed by atoms with van der Waals surface area (Å²) in [5, 5.41) is 5.94. The maximum absolute atomic E-state index is 13.0. The zero-order chi connectivity index (χ0) is 24.5. The summed E-state index contributed by atoms with van der Waals surface area (Å²) in [6.07, 6.45) is 3.42. The number of amides is 2. The fourth-order valence-corrected chi connectivity index (χ4v) is 4.86. The number of nitrogens with one attached hydrogen (secondary N) is 2. The van der Waals surface area contributed by atoms with Crippen molar-refractivity contribution in [2.75, 3.05) is 30.3 Å². The van der Waals surface area contributed by atoms with Gasteiger partial charge in [0.05, 0.1) is 31.0 Å². The maximum atomic E-state index is 13.0. The monoisotopic (exact) mass is 483 g/mol. The summed E-state index contributed by atoms with van der Waals surface area (Å²) in [5.41, 5.74) is 3.89. The summed E-state index contributed by atoms with van der Waals surface area (Å²) in [6, 6.07) is 23.4. The number of benzene rings is 3. The normalized spacial score (nSPS) is 20.8. The molecule has 0 unspecified atom stereocenters. The molecule has 2 amide bonds. The number of nitrogens with zero attached hydrogens (tertiary/aromatic N) is 1. The second-order valence-corrected chi connectivity index (χ2v) is 9.75. The molecule has 0 aromatic heterocycles. The molecule has 2 aliphatic heterocycles. The molecule has 2 bridgehead atoms. The maximum Gasteiger partial charge on any atom is 0.255 e. The number of ether oxygens (including phenoxy) is 2. The van der Waals surface area contributed by atoms with Crippen LogP contribution in [0.5, 0.6) is 5.75 Å². The van der Waals surface area contributed by atoms with E-state index in [1.807, 2.05) is 42.5 Å². The van der Waals surface area contributed by atoms with E-state index in [1.54, 1.807) is 18.2 Å². The van der Waals surface area contributed by atoms with Crippen molar-refractivity contribution in [3.63, 3.8) is 0 Å². The molecule has 2 heterocycles. The number of carbonyl (C=O) groups excluding carboxylic acids is 2. The van der Waals surface area contributed by atoms with Gasteiger partial charge < -0.3 is 20.1 Å². The number of hydrogen-bond acceptors (Lipinski definition) is 5. The number of carbonyl (C=O) groups is 2. The third-order valence-electron chi connectivity index (χ3n) is 6.94. The standard InChI is InChI=1S/C29H29N3O4/c33-28(17-32-16-25-15-23(32)18-35-25)31-26-14-21(8-13-27(26)36-24-11-12-24)29(34)30-22-9-6-20(7-10-22)19-4-2-1-3-5-19/h1-10,13-14,23-25H,11-12,15-18H2,(H,30,34)(H,31,33)/t23-,25-/m1/s1. The summed E-state index contributed by atoms with van der Waals surface area (Å²) in [6.45, 7) is 1.78. The third kappa shape index (κ3) is 5.12. The van der Waals surface area contributed by atoms with Crippen LogP contribution in [0.2, 0.25) is 0 Å². The van der Waals surface area contributed by atoms with E-state index in [2.05, 4.69) is 27.7 Å². The Balaban J connectivity index is 1.14. The van der Waals surface area contributed by atoms with Crippen LogP contribution in [-0.4, -0.2) is 54.7 Å². The van der Waals surface area contributed by atoms with Gasteiger partial charge in [-0.2, -0.15) is 0 Å². The zero-order valence-corrected chi connectivity index (χ0v) is 20.0. The molecule has 6 rings (SSSR count). The van der Waals surface area contributed by atoms with E-state index in [-0.39, 0.29) is 24.0 Å². The summed E-state index contributed by atoms with van der Waals surface area (Å²) in [5.74, 6) is 0.239. The number of likely N-dealkylation sites (tertiary alicyclic amines) is 1. The van der Waals surface area contributed by atoms with Gasteiger partial charge in [0.25, 0.3) is 5.91 Å². The minimum Gasteiger partial charge on any atom is -0.488 e. The van der Waals surface area contributed by atoms with E-state index >= 15 is 0 Å². The van der Waals surface area contributed by atoms with Crippen LogP contribution < -0.4 is 15.4 Å². The molecule has 1 aliphatic carbocycles. The summed E-state index contributed by atoms with van der Waals surface area (Å²) in [7, 11) is 0. The van der Waals surface area contributed by atoms with Gasteiger partial charge in [0.1, 0.15) is 5.75 Å². The zero-order valence-electron chi connectivity index (χ0n) is 20.0. The van der Waals surface area contributed by atoms with Crippen molar-refractivity contribution >= 4 is 23.2 Å². The molecular weight excluding hydrogens is 454 g/mol. The Labute approximate surface area is 210 Å². The largest absolute Gasteiger partial charge is 0.488 e. The minimum atomic E-state index is -0.245. The highest BCUT2D eigenvalue weighted by atomic mass is 16.5. The van der Waals surface area contributed by atoms with E-state index in [9.17, 15) is 9.59 Å². The number of rotatable bonds is 8. The van der Waals surface area contributed by atoms with E-state index in [0.717, 1.165) is 36.9 Å². The molecule has 2 saturated heterocycles. The average Bonchev–Trinajstić information content (AvgIpc) is 3.47. The lowest BCUT2D eigenvalue weighted by atomic mass is 10.1.